The number of anilines is 1. The van der Waals surface area contributed by atoms with Crippen LogP contribution < -0.4 is 20.2 Å². The number of carbonyl (C=O) groups is 2. The molecule has 0 fully saturated rings. The Hall–Kier alpha value is -3.43. The highest BCUT2D eigenvalue weighted by Crippen LogP contribution is 2.37. The zero-order chi connectivity index (χ0) is 24.7. The Balaban J connectivity index is 1.64. The number of benzene rings is 3. The number of rotatable bonds is 7. The number of ether oxygens (including phenoxy) is 2. The maximum Gasteiger partial charge on any atom is 0.329 e. The first-order chi connectivity index (χ1) is 16.3. The Bertz CT molecular complexity index is 1220. The van der Waals surface area contributed by atoms with E-state index < -0.39 is 17.6 Å². The summed E-state index contributed by atoms with van der Waals surface area (Å²) in [7, 11) is 1.45. The minimum absolute atomic E-state index is 0.111. The predicted molar refractivity (Wildman–Crippen MR) is 132 cm³/mol. The number of methoxy groups -OCH3 is 1. The average Bonchev–Trinajstić information content (AvgIpc) is 2.80. The minimum Gasteiger partial charge on any atom is -0.493 e. The van der Waals surface area contributed by atoms with Crippen molar-refractivity contribution >= 4 is 51.2 Å². The van der Waals surface area contributed by atoms with Crippen molar-refractivity contribution in [3.63, 3.8) is 0 Å². The second-order valence-corrected chi connectivity index (χ2v) is 8.30. The van der Waals surface area contributed by atoms with Crippen molar-refractivity contribution in [3.05, 3.63) is 86.6 Å². The lowest BCUT2D eigenvalue weighted by molar-refractivity contribution is -0.136. The molecule has 7 nitrogen and oxygen atoms in total. The van der Waals surface area contributed by atoms with Crippen LogP contribution in [0.4, 0.5) is 10.1 Å². The van der Waals surface area contributed by atoms with E-state index in [1.54, 1.807) is 30.3 Å². The largest absolute Gasteiger partial charge is 0.493 e. The number of amides is 2. The van der Waals surface area contributed by atoms with Crippen LogP contribution in [0.15, 0.2) is 64.2 Å². The third kappa shape index (κ3) is 6.55. The standard InChI is InChI=1S/C24H20BrClFN3O4/c1-14-6-8-16(9-7-14)29-23(31)24(32)30-28-12-15-10-18(25)22(21(11-15)33-2)34-13-17-19(26)4-3-5-20(17)27/h3-12H,13H2,1-2H3,(H,29,31)(H,30,32)/b28-12+. The summed E-state index contributed by atoms with van der Waals surface area (Å²) in [4.78, 5) is 24.0. The van der Waals surface area contributed by atoms with Gasteiger partial charge in [0.25, 0.3) is 0 Å². The molecule has 0 unspecified atom stereocenters. The molecule has 3 aromatic rings. The average molecular weight is 549 g/mol. The number of halogens is 3. The highest BCUT2D eigenvalue weighted by atomic mass is 79.9. The third-order valence-electron chi connectivity index (χ3n) is 4.57. The number of aryl methyl sites for hydroxylation is 1. The van der Waals surface area contributed by atoms with E-state index in [4.69, 9.17) is 21.1 Å². The molecule has 3 rings (SSSR count). The van der Waals surface area contributed by atoms with Crippen molar-refractivity contribution in [2.45, 2.75) is 13.5 Å². The Labute approximate surface area is 209 Å². The van der Waals surface area contributed by atoms with Gasteiger partial charge in [-0.1, -0.05) is 35.4 Å². The van der Waals surface area contributed by atoms with Gasteiger partial charge in [0.1, 0.15) is 12.4 Å². The second kappa shape index (κ2) is 11.6. The first kappa shape index (κ1) is 25.2. The SMILES string of the molecule is COc1cc(/C=N/NC(=O)C(=O)Nc2ccc(C)cc2)cc(Br)c1OCc1c(F)cccc1Cl. The molecule has 10 heteroatoms. The van der Waals surface area contributed by atoms with Crippen LogP contribution in [-0.2, 0) is 16.2 Å². The van der Waals surface area contributed by atoms with E-state index in [0.29, 0.717) is 27.2 Å². The fourth-order valence-corrected chi connectivity index (χ4v) is 3.60. The van der Waals surface area contributed by atoms with E-state index in [0.717, 1.165) is 5.56 Å². The van der Waals surface area contributed by atoms with E-state index in [9.17, 15) is 14.0 Å². The number of hydrogen-bond donors (Lipinski definition) is 2. The molecule has 0 saturated heterocycles. The molecule has 0 aliphatic heterocycles. The van der Waals surface area contributed by atoms with Crippen molar-refractivity contribution in [1.29, 1.82) is 0 Å². The Morgan fingerprint density at radius 1 is 1.15 bits per heavy atom. The van der Waals surface area contributed by atoms with Crippen molar-refractivity contribution in [2.75, 3.05) is 12.4 Å². The van der Waals surface area contributed by atoms with Crippen LogP contribution in [0.2, 0.25) is 5.02 Å². The molecule has 0 aliphatic rings. The second-order valence-electron chi connectivity index (χ2n) is 7.04. The third-order valence-corrected chi connectivity index (χ3v) is 5.51. The van der Waals surface area contributed by atoms with Gasteiger partial charge < -0.3 is 14.8 Å². The van der Waals surface area contributed by atoms with Crippen molar-refractivity contribution in [3.8, 4) is 11.5 Å². The highest BCUT2D eigenvalue weighted by Gasteiger charge is 2.15. The fourth-order valence-electron chi connectivity index (χ4n) is 2.81. The topological polar surface area (TPSA) is 89.0 Å². The lowest BCUT2D eigenvalue weighted by atomic mass is 10.2. The van der Waals surface area contributed by atoms with Gasteiger partial charge in [0.2, 0.25) is 0 Å². The van der Waals surface area contributed by atoms with Gasteiger partial charge in [-0.2, -0.15) is 5.10 Å². The number of carbonyl (C=O) groups excluding carboxylic acids is 2. The zero-order valence-corrected chi connectivity index (χ0v) is 20.5. The monoisotopic (exact) mass is 547 g/mol. The Kier molecular flexibility index (Phi) is 8.61. The van der Waals surface area contributed by atoms with Crippen molar-refractivity contribution < 1.29 is 23.5 Å². The Morgan fingerprint density at radius 2 is 1.88 bits per heavy atom. The zero-order valence-electron chi connectivity index (χ0n) is 18.2. The first-order valence-electron chi connectivity index (χ1n) is 9.92. The molecule has 0 heterocycles. The molecule has 0 saturated carbocycles. The molecule has 0 bridgehead atoms. The smallest absolute Gasteiger partial charge is 0.329 e. The van der Waals surface area contributed by atoms with Crippen molar-refractivity contribution in [1.82, 2.24) is 5.43 Å². The van der Waals surface area contributed by atoms with E-state index in [1.807, 2.05) is 19.1 Å². The molecule has 176 valence electrons. The van der Waals surface area contributed by atoms with Crippen LogP contribution in [-0.4, -0.2) is 25.1 Å². The first-order valence-corrected chi connectivity index (χ1v) is 11.1. The van der Waals surface area contributed by atoms with Gasteiger partial charge in [0.05, 0.1) is 22.8 Å². The molecule has 0 radical (unpaired) electrons. The number of nitrogens with one attached hydrogen (secondary N) is 2. The molecule has 3 aromatic carbocycles. The van der Waals surface area contributed by atoms with Crippen LogP contribution in [0, 0.1) is 12.7 Å². The molecule has 0 aromatic heterocycles. The van der Waals surface area contributed by atoms with Gasteiger partial charge >= 0.3 is 11.8 Å². The Morgan fingerprint density at radius 3 is 2.56 bits per heavy atom. The van der Waals surface area contributed by atoms with Crippen LogP contribution in [0.25, 0.3) is 0 Å². The van der Waals surface area contributed by atoms with Gasteiger partial charge in [0, 0.05) is 11.3 Å². The molecule has 2 amide bonds. The lowest BCUT2D eigenvalue weighted by Crippen LogP contribution is -2.32. The molecular weight excluding hydrogens is 529 g/mol. The quantitative estimate of drug-likeness (QED) is 0.241. The molecule has 34 heavy (non-hydrogen) atoms. The van der Waals surface area contributed by atoms with Crippen LogP contribution in [0.5, 0.6) is 11.5 Å². The summed E-state index contributed by atoms with van der Waals surface area (Å²) in [6, 6.07) is 14.7. The maximum absolute atomic E-state index is 14.0. The molecule has 0 atom stereocenters. The summed E-state index contributed by atoms with van der Waals surface area (Å²) < 4.78 is 25.6. The normalized spacial score (nSPS) is 10.7. The van der Waals surface area contributed by atoms with Crippen LogP contribution >= 0.6 is 27.5 Å². The maximum atomic E-state index is 14.0. The van der Waals surface area contributed by atoms with Gasteiger partial charge in [-0.3, -0.25) is 9.59 Å². The number of hydrogen-bond acceptors (Lipinski definition) is 5. The van der Waals surface area contributed by atoms with Gasteiger partial charge in [-0.25, -0.2) is 9.82 Å². The summed E-state index contributed by atoms with van der Waals surface area (Å²) in [5.41, 5.74) is 4.45. The summed E-state index contributed by atoms with van der Waals surface area (Å²) >= 11 is 9.44. The predicted octanol–water partition coefficient (Wildman–Crippen LogP) is 5.23. The van der Waals surface area contributed by atoms with E-state index in [2.05, 4.69) is 31.8 Å². The van der Waals surface area contributed by atoms with Gasteiger partial charge in [-0.05, 0) is 64.8 Å². The van der Waals surface area contributed by atoms with E-state index in [-0.39, 0.29) is 17.2 Å². The molecular formula is C24H20BrClFN3O4. The number of hydrazone groups is 1. The summed E-state index contributed by atoms with van der Waals surface area (Å²) in [6.07, 6.45) is 1.34. The minimum atomic E-state index is -0.926. The van der Waals surface area contributed by atoms with E-state index in [1.165, 1.54) is 25.5 Å². The molecule has 2 N–H and O–H groups in total. The van der Waals surface area contributed by atoms with Crippen LogP contribution in [0.3, 0.4) is 0 Å². The van der Waals surface area contributed by atoms with Gasteiger partial charge in [0.15, 0.2) is 11.5 Å². The summed E-state index contributed by atoms with van der Waals surface area (Å²) in [5.74, 6) is -1.58. The highest BCUT2D eigenvalue weighted by molar-refractivity contribution is 9.10. The van der Waals surface area contributed by atoms with Gasteiger partial charge in [-0.15, -0.1) is 0 Å². The number of nitrogens with zero attached hydrogens (tertiary/aromatic N) is 1. The van der Waals surface area contributed by atoms with Crippen LogP contribution in [0.1, 0.15) is 16.7 Å². The lowest BCUT2D eigenvalue weighted by Gasteiger charge is -2.14. The summed E-state index contributed by atoms with van der Waals surface area (Å²) in [6.45, 7) is 1.80. The van der Waals surface area contributed by atoms with Crippen molar-refractivity contribution in [2.24, 2.45) is 5.10 Å². The fraction of sp³-hybridized carbons (Fsp3) is 0.125. The van der Waals surface area contributed by atoms with E-state index >= 15 is 0 Å². The summed E-state index contributed by atoms with van der Waals surface area (Å²) in [5, 5.41) is 6.55. The molecule has 0 aliphatic carbocycles. The molecule has 0 spiro atoms.